The zero-order valence-electron chi connectivity index (χ0n) is 4.55. The SMILES string of the molecule is CCCC(N)ON. The van der Waals surface area contributed by atoms with Gasteiger partial charge in [0.15, 0.2) is 0 Å². The van der Waals surface area contributed by atoms with Crippen molar-refractivity contribution >= 4 is 0 Å². The molecule has 0 rings (SSSR count). The van der Waals surface area contributed by atoms with Crippen LogP contribution in [0.1, 0.15) is 19.8 Å². The molecule has 4 N–H and O–H groups in total. The molecule has 0 aromatic rings. The van der Waals surface area contributed by atoms with Gasteiger partial charge in [0.05, 0.1) is 0 Å². The molecule has 0 spiro atoms. The van der Waals surface area contributed by atoms with E-state index in [9.17, 15) is 0 Å². The highest BCUT2D eigenvalue weighted by Gasteiger charge is 1.93. The molecule has 0 aromatic heterocycles. The van der Waals surface area contributed by atoms with Gasteiger partial charge in [-0.3, -0.25) is 4.84 Å². The van der Waals surface area contributed by atoms with Gasteiger partial charge in [-0.05, 0) is 6.42 Å². The molecule has 7 heavy (non-hydrogen) atoms. The van der Waals surface area contributed by atoms with E-state index < -0.39 is 0 Å². The molecule has 0 aliphatic carbocycles. The van der Waals surface area contributed by atoms with Gasteiger partial charge < -0.3 is 5.73 Å². The summed E-state index contributed by atoms with van der Waals surface area (Å²) in [7, 11) is 0. The number of hydrogen-bond acceptors (Lipinski definition) is 3. The summed E-state index contributed by atoms with van der Waals surface area (Å²) in [5.74, 6) is 4.73. The summed E-state index contributed by atoms with van der Waals surface area (Å²) in [5, 5.41) is 0. The van der Waals surface area contributed by atoms with Gasteiger partial charge in [0.25, 0.3) is 0 Å². The molecule has 44 valence electrons. The van der Waals surface area contributed by atoms with Gasteiger partial charge >= 0.3 is 0 Å². The zero-order chi connectivity index (χ0) is 5.70. The molecular formula is C4H12N2O. The molecule has 0 aliphatic heterocycles. The average Bonchev–Trinajstić information content (AvgIpc) is 1.68. The standard InChI is InChI=1S/C4H12N2O/c1-2-3-4(5)7-6/h4H,2-3,5-6H2,1H3. The van der Waals surface area contributed by atoms with Crippen molar-refractivity contribution in [2.75, 3.05) is 0 Å². The normalized spacial score (nSPS) is 14.1. The zero-order valence-corrected chi connectivity index (χ0v) is 4.55. The molecule has 3 heteroatoms. The first-order valence-electron chi connectivity index (χ1n) is 2.42. The Bertz CT molecular complexity index is 40.7. The Kier molecular flexibility index (Phi) is 3.98. The quantitative estimate of drug-likeness (QED) is 0.390. The summed E-state index contributed by atoms with van der Waals surface area (Å²) in [6.45, 7) is 2.03. The predicted octanol–water partition coefficient (Wildman–Crippen LogP) is -0.0384. The Hall–Kier alpha value is -0.120. The third-order valence-corrected chi connectivity index (χ3v) is 0.748. The molecule has 0 fully saturated rings. The van der Waals surface area contributed by atoms with Gasteiger partial charge in [-0.15, -0.1) is 0 Å². The van der Waals surface area contributed by atoms with E-state index in [0.717, 1.165) is 12.8 Å². The lowest BCUT2D eigenvalue weighted by atomic mass is 10.3. The Morgan fingerprint density at radius 1 is 1.71 bits per heavy atom. The summed E-state index contributed by atoms with van der Waals surface area (Å²) in [6, 6.07) is 0. The minimum atomic E-state index is -0.273. The molecule has 0 heterocycles. The Balaban J connectivity index is 2.83. The lowest BCUT2D eigenvalue weighted by molar-refractivity contribution is 0.0516. The van der Waals surface area contributed by atoms with Crippen molar-refractivity contribution in [3.63, 3.8) is 0 Å². The van der Waals surface area contributed by atoms with Crippen LogP contribution in [0.3, 0.4) is 0 Å². The molecular weight excluding hydrogens is 92.1 g/mol. The maximum absolute atomic E-state index is 5.24. The highest BCUT2D eigenvalue weighted by molar-refractivity contribution is 4.41. The first-order chi connectivity index (χ1) is 3.31. The van der Waals surface area contributed by atoms with Crippen LogP contribution in [0.4, 0.5) is 0 Å². The largest absolute Gasteiger partial charge is 0.304 e. The van der Waals surface area contributed by atoms with Crippen molar-refractivity contribution in [2.45, 2.75) is 26.0 Å². The van der Waals surface area contributed by atoms with Crippen LogP contribution < -0.4 is 11.6 Å². The van der Waals surface area contributed by atoms with Gasteiger partial charge in [-0.1, -0.05) is 13.3 Å². The van der Waals surface area contributed by atoms with Crippen molar-refractivity contribution in [3.05, 3.63) is 0 Å². The van der Waals surface area contributed by atoms with E-state index in [1.54, 1.807) is 0 Å². The van der Waals surface area contributed by atoms with Crippen LogP contribution in [0, 0.1) is 0 Å². The van der Waals surface area contributed by atoms with Crippen molar-refractivity contribution in [2.24, 2.45) is 11.6 Å². The summed E-state index contributed by atoms with van der Waals surface area (Å²) < 4.78 is 0. The third-order valence-electron chi connectivity index (χ3n) is 0.748. The highest BCUT2D eigenvalue weighted by atomic mass is 16.6. The van der Waals surface area contributed by atoms with E-state index in [0.29, 0.717) is 0 Å². The second-order valence-corrected chi connectivity index (χ2v) is 1.46. The lowest BCUT2D eigenvalue weighted by Gasteiger charge is -2.03. The number of rotatable bonds is 3. The number of nitrogens with two attached hydrogens (primary N) is 2. The van der Waals surface area contributed by atoms with Crippen LogP contribution in [-0.2, 0) is 4.84 Å². The van der Waals surface area contributed by atoms with Crippen LogP contribution in [0.5, 0.6) is 0 Å². The first kappa shape index (κ1) is 6.88. The van der Waals surface area contributed by atoms with Crippen molar-refractivity contribution in [3.8, 4) is 0 Å². The van der Waals surface area contributed by atoms with Crippen molar-refractivity contribution < 1.29 is 4.84 Å². The van der Waals surface area contributed by atoms with Crippen LogP contribution in [-0.4, -0.2) is 6.23 Å². The van der Waals surface area contributed by atoms with E-state index in [4.69, 9.17) is 11.6 Å². The fourth-order valence-corrected chi connectivity index (χ4v) is 0.353. The fraction of sp³-hybridized carbons (Fsp3) is 1.00. The molecule has 0 bridgehead atoms. The Morgan fingerprint density at radius 2 is 2.29 bits per heavy atom. The second kappa shape index (κ2) is 4.05. The molecule has 0 aliphatic rings. The third kappa shape index (κ3) is 3.72. The van der Waals surface area contributed by atoms with E-state index in [1.165, 1.54) is 0 Å². The molecule has 0 amide bonds. The number of hydrogen-bond donors (Lipinski definition) is 2. The van der Waals surface area contributed by atoms with E-state index >= 15 is 0 Å². The van der Waals surface area contributed by atoms with Crippen LogP contribution in [0.15, 0.2) is 0 Å². The highest BCUT2D eigenvalue weighted by Crippen LogP contribution is 1.89. The van der Waals surface area contributed by atoms with Gasteiger partial charge in [-0.25, -0.2) is 5.90 Å². The Morgan fingerprint density at radius 3 is 2.43 bits per heavy atom. The van der Waals surface area contributed by atoms with Gasteiger partial charge in [0.1, 0.15) is 6.23 Å². The van der Waals surface area contributed by atoms with Crippen LogP contribution in [0.2, 0.25) is 0 Å². The lowest BCUT2D eigenvalue weighted by Crippen LogP contribution is -2.26. The molecule has 1 atom stereocenters. The van der Waals surface area contributed by atoms with Gasteiger partial charge in [0.2, 0.25) is 0 Å². The monoisotopic (exact) mass is 104 g/mol. The average molecular weight is 104 g/mol. The molecule has 0 aromatic carbocycles. The Labute approximate surface area is 43.6 Å². The summed E-state index contributed by atoms with van der Waals surface area (Å²) in [5.41, 5.74) is 5.24. The van der Waals surface area contributed by atoms with E-state index in [1.807, 2.05) is 6.92 Å². The van der Waals surface area contributed by atoms with E-state index in [-0.39, 0.29) is 6.23 Å². The smallest absolute Gasteiger partial charge is 0.126 e. The maximum Gasteiger partial charge on any atom is 0.126 e. The fourth-order valence-electron chi connectivity index (χ4n) is 0.353. The minimum absolute atomic E-state index is 0.273. The van der Waals surface area contributed by atoms with Crippen molar-refractivity contribution in [1.82, 2.24) is 0 Å². The molecule has 0 saturated heterocycles. The summed E-state index contributed by atoms with van der Waals surface area (Å²) in [6.07, 6.45) is 1.57. The summed E-state index contributed by atoms with van der Waals surface area (Å²) in [4.78, 5) is 4.27. The summed E-state index contributed by atoms with van der Waals surface area (Å²) >= 11 is 0. The van der Waals surface area contributed by atoms with Gasteiger partial charge in [-0.2, -0.15) is 0 Å². The van der Waals surface area contributed by atoms with Gasteiger partial charge in [0, 0.05) is 0 Å². The molecule has 0 saturated carbocycles. The first-order valence-corrected chi connectivity index (χ1v) is 2.42. The molecule has 0 radical (unpaired) electrons. The predicted molar refractivity (Wildman–Crippen MR) is 28.2 cm³/mol. The van der Waals surface area contributed by atoms with E-state index in [2.05, 4.69) is 4.84 Å². The minimum Gasteiger partial charge on any atom is -0.304 e. The maximum atomic E-state index is 5.24. The molecule has 3 nitrogen and oxygen atoms in total. The topological polar surface area (TPSA) is 61.3 Å². The van der Waals surface area contributed by atoms with Crippen molar-refractivity contribution in [1.29, 1.82) is 0 Å². The van der Waals surface area contributed by atoms with Crippen LogP contribution in [0.25, 0.3) is 0 Å². The van der Waals surface area contributed by atoms with Crippen LogP contribution >= 0.6 is 0 Å². The molecule has 1 unspecified atom stereocenters. The second-order valence-electron chi connectivity index (χ2n) is 1.46.